The van der Waals surface area contributed by atoms with Crippen molar-refractivity contribution in [1.82, 2.24) is 0 Å². The van der Waals surface area contributed by atoms with Gasteiger partial charge in [0.2, 0.25) is 0 Å². The minimum atomic E-state index is -2.78. The van der Waals surface area contributed by atoms with Gasteiger partial charge in [-0.25, -0.2) is 0 Å². The van der Waals surface area contributed by atoms with E-state index in [2.05, 4.69) is 48.5 Å². The molecule has 3 rings (SSSR count). The second kappa shape index (κ2) is 5.58. The van der Waals surface area contributed by atoms with Crippen molar-refractivity contribution < 1.29 is 13.3 Å². The molecule has 0 atom stereocenters. The van der Waals surface area contributed by atoms with Crippen LogP contribution in [0.4, 0.5) is 0 Å². The summed E-state index contributed by atoms with van der Waals surface area (Å²) in [4.78, 5) is 0. The Hall–Kier alpha value is -1.72. The van der Waals surface area contributed by atoms with Gasteiger partial charge in [0, 0.05) is 26.5 Å². The van der Waals surface area contributed by atoms with E-state index in [1.165, 1.54) is 16.2 Å². The molecule has 0 saturated carbocycles. The predicted octanol–water partition coefficient (Wildman–Crippen LogP) is 3.08. The molecule has 0 bridgehead atoms. The van der Waals surface area contributed by atoms with Crippen LogP contribution in [-0.2, 0) is 13.3 Å². The van der Waals surface area contributed by atoms with Crippen LogP contribution in [0.2, 0.25) is 0 Å². The summed E-state index contributed by atoms with van der Waals surface area (Å²) in [7, 11) is 2.11. The van der Waals surface area contributed by atoms with E-state index in [9.17, 15) is 0 Å². The molecule has 0 aliphatic rings. The summed E-state index contributed by atoms with van der Waals surface area (Å²) in [6.45, 7) is 0. The van der Waals surface area contributed by atoms with Crippen LogP contribution >= 0.6 is 0 Å². The highest BCUT2D eigenvalue weighted by molar-refractivity contribution is 6.75. The Morgan fingerprint density at radius 1 is 0.619 bits per heavy atom. The van der Waals surface area contributed by atoms with Gasteiger partial charge in [0.05, 0.1) is 0 Å². The van der Waals surface area contributed by atoms with Gasteiger partial charge < -0.3 is 13.3 Å². The number of hydrogen-bond acceptors (Lipinski definition) is 3. The minimum absolute atomic E-state index is 0.970. The average Bonchev–Trinajstić information content (AvgIpc) is 2.55. The third-order valence-corrected chi connectivity index (χ3v) is 6.50. The van der Waals surface area contributed by atoms with Crippen molar-refractivity contribution in [3.8, 4) is 0 Å². The number of rotatable bonds is 4. The smallest absolute Gasteiger partial charge is 0.373 e. The Balaban J connectivity index is 2.21. The minimum Gasteiger partial charge on any atom is -0.373 e. The Morgan fingerprint density at radius 2 is 1.14 bits per heavy atom. The van der Waals surface area contributed by atoms with Crippen LogP contribution in [0.15, 0.2) is 54.6 Å². The predicted molar refractivity (Wildman–Crippen MR) is 87.9 cm³/mol. The second-order valence-corrected chi connectivity index (χ2v) is 7.84. The molecule has 0 radical (unpaired) electrons. The molecule has 0 aliphatic carbocycles. The van der Waals surface area contributed by atoms with Crippen LogP contribution in [0, 0.1) is 0 Å². The van der Waals surface area contributed by atoms with Crippen LogP contribution in [0.5, 0.6) is 0 Å². The molecule has 0 heterocycles. The summed E-state index contributed by atoms with van der Waals surface area (Å²) in [6, 6.07) is 19.0. The lowest BCUT2D eigenvalue weighted by Gasteiger charge is -2.24. The van der Waals surface area contributed by atoms with Crippen molar-refractivity contribution in [2.24, 2.45) is 0 Å². The molecular weight excluding hydrogens is 280 g/mol. The summed E-state index contributed by atoms with van der Waals surface area (Å²) in [5.41, 5.74) is 0. The van der Waals surface area contributed by atoms with E-state index in [1.54, 1.807) is 21.3 Å². The van der Waals surface area contributed by atoms with Gasteiger partial charge in [-0.05, 0) is 39.7 Å². The molecule has 0 fully saturated rings. The number of fused-ring (bicyclic) bond motifs is 2. The molecule has 0 N–H and O–H groups in total. The molecule has 0 unspecified atom stereocenters. The first kappa shape index (κ1) is 14.2. The van der Waals surface area contributed by atoms with Crippen LogP contribution in [-0.4, -0.2) is 30.1 Å². The van der Waals surface area contributed by atoms with Gasteiger partial charge in [-0.3, -0.25) is 0 Å². The molecule has 21 heavy (non-hydrogen) atoms. The molecule has 0 aliphatic heterocycles. The maximum Gasteiger partial charge on any atom is 0.536 e. The summed E-state index contributed by atoms with van der Waals surface area (Å²) >= 11 is 0. The SMILES string of the molecule is CO[Si](OC)(OC)c1ccc2cc3ccccc3cc2c1. The molecule has 108 valence electrons. The van der Waals surface area contributed by atoms with Gasteiger partial charge in [-0.2, -0.15) is 0 Å². The fraction of sp³-hybridized carbons (Fsp3) is 0.176. The molecule has 3 aromatic carbocycles. The van der Waals surface area contributed by atoms with E-state index >= 15 is 0 Å². The molecule has 4 heteroatoms. The zero-order valence-corrected chi connectivity index (χ0v) is 13.4. The van der Waals surface area contributed by atoms with Crippen molar-refractivity contribution in [3.05, 3.63) is 54.6 Å². The van der Waals surface area contributed by atoms with Crippen LogP contribution in [0.25, 0.3) is 21.5 Å². The van der Waals surface area contributed by atoms with Crippen molar-refractivity contribution in [1.29, 1.82) is 0 Å². The first-order valence-electron chi connectivity index (χ1n) is 6.81. The lowest BCUT2D eigenvalue weighted by atomic mass is 10.0. The quantitative estimate of drug-likeness (QED) is 0.547. The van der Waals surface area contributed by atoms with Crippen molar-refractivity contribution in [2.45, 2.75) is 0 Å². The molecule has 0 saturated heterocycles. The number of hydrogen-bond donors (Lipinski definition) is 0. The Bertz CT molecular complexity index is 773. The lowest BCUT2D eigenvalue weighted by molar-refractivity contribution is 0.140. The van der Waals surface area contributed by atoms with Gasteiger partial charge in [-0.1, -0.05) is 36.4 Å². The van der Waals surface area contributed by atoms with Crippen molar-refractivity contribution in [2.75, 3.05) is 21.3 Å². The summed E-state index contributed by atoms with van der Waals surface area (Å²) < 4.78 is 16.7. The van der Waals surface area contributed by atoms with Crippen LogP contribution < -0.4 is 5.19 Å². The van der Waals surface area contributed by atoms with E-state index in [4.69, 9.17) is 13.3 Å². The topological polar surface area (TPSA) is 27.7 Å². The maximum absolute atomic E-state index is 5.55. The fourth-order valence-corrected chi connectivity index (χ4v) is 4.56. The highest BCUT2D eigenvalue weighted by Crippen LogP contribution is 2.23. The zero-order valence-electron chi connectivity index (χ0n) is 12.4. The van der Waals surface area contributed by atoms with E-state index in [0.29, 0.717) is 0 Å². The summed E-state index contributed by atoms with van der Waals surface area (Å²) in [5, 5.41) is 5.80. The van der Waals surface area contributed by atoms with Gasteiger partial charge >= 0.3 is 8.80 Å². The van der Waals surface area contributed by atoms with Gasteiger partial charge in [0.25, 0.3) is 0 Å². The highest BCUT2D eigenvalue weighted by Gasteiger charge is 2.40. The van der Waals surface area contributed by atoms with Gasteiger partial charge in [-0.15, -0.1) is 0 Å². The van der Waals surface area contributed by atoms with Crippen molar-refractivity contribution in [3.63, 3.8) is 0 Å². The zero-order chi connectivity index (χ0) is 14.9. The van der Waals surface area contributed by atoms with Gasteiger partial charge in [0.1, 0.15) is 0 Å². The normalized spacial score (nSPS) is 12.1. The number of benzene rings is 3. The molecule has 3 aromatic rings. The standard InChI is InChI=1S/C17H18O3Si/c1-18-21(19-2,20-3)17-9-8-15-10-13-6-4-5-7-14(13)11-16(15)12-17/h4-12H,1-3H3. The lowest BCUT2D eigenvalue weighted by Crippen LogP contribution is -2.54. The van der Waals surface area contributed by atoms with E-state index < -0.39 is 8.80 Å². The fourth-order valence-electron chi connectivity index (χ4n) is 2.73. The summed E-state index contributed by atoms with van der Waals surface area (Å²) in [6.07, 6.45) is 0. The van der Waals surface area contributed by atoms with E-state index in [0.717, 1.165) is 10.6 Å². The first-order chi connectivity index (χ1) is 10.2. The maximum atomic E-state index is 5.55. The Morgan fingerprint density at radius 3 is 1.71 bits per heavy atom. The molecular formula is C17H18O3Si. The Labute approximate surface area is 125 Å². The van der Waals surface area contributed by atoms with Crippen molar-refractivity contribution >= 4 is 35.5 Å². The monoisotopic (exact) mass is 298 g/mol. The second-order valence-electron chi connectivity index (χ2n) is 4.93. The summed E-state index contributed by atoms with van der Waals surface area (Å²) in [5.74, 6) is 0. The third kappa shape index (κ3) is 2.36. The molecule has 0 amide bonds. The average molecular weight is 298 g/mol. The molecule has 0 spiro atoms. The molecule has 0 aromatic heterocycles. The highest BCUT2D eigenvalue weighted by atomic mass is 28.4. The van der Waals surface area contributed by atoms with Gasteiger partial charge in [0.15, 0.2) is 0 Å². The van der Waals surface area contributed by atoms with E-state index in [-0.39, 0.29) is 0 Å². The Kier molecular flexibility index (Phi) is 3.78. The first-order valence-corrected chi connectivity index (χ1v) is 8.53. The third-order valence-electron chi connectivity index (χ3n) is 3.86. The van der Waals surface area contributed by atoms with Crippen LogP contribution in [0.3, 0.4) is 0 Å². The van der Waals surface area contributed by atoms with E-state index in [1.807, 2.05) is 6.07 Å². The molecule has 3 nitrogen and oxygen atoms in total. The largest absolute Gasteiger partial charge is 0.536 e. The van der Waals surface area contributed by atoms with Crippen LogP contribution in [0.1, 0.15) is 0 Å².